The Bertz CT molecular complexity index is 579. The molecule has 2 atom stereocenters. The van der Waals surface area contributed by atoms with E-state index in [1.54, 1.807) is 12.2 Å². The quantitative estimate of drug-likeness (QED) is 0.777. The van der Waals surface area contributed by atoms with E-state index in [9.17, 15) is 9.59 Å². The number of hydrogen-bond donors (Lipinski definition) is 0. The normalized spacial score (nSPS) is 22.9. The van der Waals surface area contributed by atoms with Gasteiger partial charge in [-0.25, -0.2) is 0 Å². The molecule has 2 nitrogen and oxygen atoms in total. The first-order chi connectivity index (χ1) is 9.56. The van der Waals surface area contributed by atoms with Crippen molar-refractivity contribution >= 4 is 11.6 Å². The molecule has 1 aliphatic carbocycles. The van der Waals surface area contributed by atoms with Crippen LogP contribution >= 0.6 is 0 Å². The monoisotopic (exact) mass is 268 g/mol. The molecule has 2 rings (SSSR count). The molecule has 0 aliphatic heterocycles. The molecule has 1 aromatic carbocycles. The number of carbonyl (C=O) groups is 2. The van der Waals surface area contributed by atoms with Crippen LogP contribution in [0.25, 0.3) is 0 Å². The maximum absolute atomic E-state index is 12.4. The number of benzene rings is 1. The summed E-state index contributed by atoms with van der Waals surface area (Å²) < 4.78 is 0. The van der Waals surface area contributed by atoms with E-state index >= 15 is 0 Å². The Morgan fingerprint density at radius 1 is 1.20 bits per heavy atom. The van der Waals surface area contributed by atoms with E-state index < -0.39 is 0 Å². The molecule has 0 spiro atoms. The molecule has 1 aromatic rings. The number of rotatable bonds is 4. The average molecular weight is 268 g/mol. The number of allylic oxidation sites excluding steroid dienone is 4. The Morgan fingerprint density at radius 3 is 2.45 bits per heavy atom. The summed E-state index contributed by atoms with van der Waals surface area (Å²) in [6.45, 7) is 5.69. The van der Waals surface area contributed by atoms with Gasteiger partial charge in [0.1, 0.15) is 0 Å². The SMILES string of the molecule is C/C=C/C(=O)C[C@@H]1C(=O)C(C)=C(C)[C@H]1c1ccccc1. The summed E-state index contributed by atoms with van der Waals surface area (Å²) in [7, 11) is 0. The lowest BCUT2D eigenvalue weighted by Crippen LogP contribution is -2.19. The Hall–Kier alpha value is -1.96. The maximum Gasteiger partial charge on any atom is 0.163 e. The third kappa shape index (κ3) is 2.64. The molecule has 0 unspecified atom stereocenters. The highest BCUT2D eigenvalue weighted by Gasteiger charge is 2.39. The summed E-state index contributed by atoms with van der Waals surface area (Å²) in [5.41, 5.74) is 3.03. The van der Waals surface area contributed by atoms with Crippen molar-refractivity contribution in [2.24, 2.45) is 5.92 Å². The minimum absolute atomic E-state index is 0.0225. The van der Waals surface area contributed by atoms with Gasteiger partial charge in [0, 0.05) is 18.3 Å². The predicted molar refractivity (Wildman–Crippen MR) is 80.5 cm³/mol. The summed E-state index contributed by atoms with van der Waals surface area (Å²) in [5.74, 6) is -0.0671. The maximum atomic E-state index is 12.4. The minimum Gasteiger partial charge on any atom is -0.295 e. The van der Waals surface area contributed by atoms with Gasteiger partial charge in [0.2, 0.25) is 0 Å². The fraction of sp³-hybridized carbons (Fsp3) is 0.333. The molecule has 2 heteroatoms. The van der Waals surface area contributed by atoms with E-state index in [0.29, 0.717) is 0 Å². The van der Waals surface area contributed by atoms with Crippen molar-refractivity contribution < 1.29 is 9.59 Å². The van der Waals surface area contributed by atoms with Crippen molar-refractivity contribution in [2.45, 2.75) is 33.1 Å². The third-order valence-electron chi connectivity index (χ3n) is 4.10. The largest absolute Gasteiger partial charge is 0.295 e. The molecule has 0 amide bonds. The standard InChI is InChI=1S/C18H20O2/c1-4-8-15(19)11-16-17(12(2)13(3)18(16)20)14-9-6-5-7-10-14/h4-10,16-17H,11H2,1-3H3/b8-4+/t16-,17-/m0/s1. The van der Waals surface area contributed by atoms with Crippen LogP contribution < -0.4 is 0 Å². The van der Waals surface area contributed by atoms with E-state index in [4.69, 9.17) is 0 Å². The molecule has 0 aromatic heterocycles. The third-order valence-corrected chi connectivity index (χ3v) is 4.10. The molecule has 1 aliphatic rings. The fourth-order valence-electron chi connectivity index (χ4n) is 2.98. The second-order valence-corrected chi connectivity index (χ2v) is 5.34. The van der Waals surface area contributed by atoms with Gasteiger partial charge in [-0.2, -0.15) is 0 Å². The number of ketones is 2. The molecule has 20 heavy (non-hydrogen) atoms. The number of Topliss-reactive ketones (excluding diaryl/α,β-unsaturated/α-hetero) is 1. The highest BCUT2D eigenvalue weighted by Crippen LogP contribution is 2.43. The van der Waals surface area contributed by atoms with E-state index in [2.05, 4.69) is 0 Å². The van der Waals surface area contributed by atoms with E-state index in [-0.39, 0.29) is 29.8 Å². The summed E-state index contributed by atoms with van der Waals surface area (Å²) in [5, 5.41) is 0. The van der Waals surface area contributed by atoms with E-state index in [0.717, 1.165) is 16.7 Å². The van der Waals surface area contributed by atoms with Gasteiger partial charge in [-0.1, -0.05) is 42.0 Å². The average Bonchev–Trinajstić information content (AvgIpc) is 2.65. The van der Waals surface area contributed by atoms with Gasteiger partial charge in [-0.15, -0.1) is 0 Å². The van der Waals surface area contributed by atoms with Crippen molar-refractivity contribution in [3.63, 3.8) is 0 Å². The zero-order valence-corrected chi connectivity index (χ0v) is 12.2. The molecule has 0 heterocycles. The smallest absolute Gasteiger partial charge is 0.163 e. The Kier molecular flexibility index (Phi) is 4.33. The van der Waals surface area contributed by atoms with Gasteiger partial charge in [-0.3, -0.25) is 9.59 Å². The van der Waals surface area contributed by atoms with Crippen molar-refractivity contribution in [3.05, 3.63) is 59.2 Å². The van der Waals surface area contributed by atoms with Crippen LogP contribution in [0.1, 0.15) is 38.7 Å². The van der Waals surface area contributed by atoms with E-state index in [1.165, 1.54) is 0 Å². The second kappa shape index (κ2) is 6.00. The van der Waals surface area contributed by atoms with Gasteiger partial charge >= 0.3 is 0 Å². The molecular weight excluding hydrogens is 248 g/mol. The van der Waals surface area contributed by atoms with Crippen LogP contribution in [0.2, 0.25) is 0 Å². The van der Waals surface area contributed by atoms with Gasteiger partial charge in [-0.05, 0) is 38.0 Å². The van der Waals surface area contributed by atoms with Crippen molar-refractivity contribution in [1.29, 1.82) is 0 Å². The highest BCUT2D eigenvalue weighted by atomic mass is 16.1. The summed E-state index contributed by atoms with van der Waals surface area (Å²) in [6.07, 6.45) is 3.57. The predicted octanol–water partition coefficient (Wildman–Crippen LogP) is 3.84. The van der Waals surface area contributed by atoms with Gasteiger partial charge in [0.25, 0.3) is 0 Å². The second-order valence-electron chi connectivity index (χ2n) is 5.34. The lowest BCUT2D eigenvalue weighted by molar-refractivity contribution is -0.123. The number of hydrogen-bond acceptors (Lipinski definition) is 2. The summed E-state index contributed by atoms with van der Waals surface area (Å²) in [4.78, 5) is 24.3. The molecule has 0 radical (unpaired) electrons. The van der Waals surface area contributed by atoms with Crippen LogP contribution in [0.4, 0.5) is 0 Å². The highest BCUT2D eigenvalue weighted by molar-refractivity contribution is 6.04. The molecule has 0 N–H and O–H groups in total. The van der Waals surface area contributed by atoms with Crippen molar-refractivity contribution in [2.75, 3.05) is 0 Å². The van der Waals surface area contributed by atoms with Gasteiger partial charge in [0.15, 0.2) is 11.6 Å². The van der Waals surface area contributed by atoms with Crippen LogP contribution in [0.5, 0.6) is 0 Å². The van der Waals surface area contributed by atoms with Crippen LogP contribution in [-0.2, 0) is 9.59 Å². The summed E-state index contributed by atoms with van der Waals surface area (Å²) in [6, 6.07) is 9.99. The topological polar surface area (TPSA) is 34.1 Å². The van der Waals surface area contributed by atoms with Crippen molar-refractivity contribution in [3.8, 4) is 0 Å². The molecule has 0 bridgehead atoms. The first kappa shape index (κ1) is 14.4. The zero-order valence-electron chi connectivity index (χ0n) is 12.2. The molecule has 104 valence electrons. The first-order valence-corrected chi connectivity index (χ1v) is 6.98. The Balaban J connectivity index is 2.35. The Labute approximate surface area is 120 Å². The van der Waals surface area contributed by atoms with E-state index in [1.807, 2.05) is 51.1 Å². The van der Waals surface area contributed by atoms with Crippen LogP contribution in [0, 0.1) is 5.92 Å². The molecule has 0 saturated carbocycles. The van der Waals surface area contributed by atoms with Crippen molar-refractivity contribution in [1.82, 2.24) is 0 Å². The Morgan fingerprint density at radius 2 is 1.85 bits per heavy atom. The fourth-order valence-corrected chi connectivity index (χ4v) is 2.98. The lowest BCUT2D eigenvalue weighted by Gasteiger charge is -2.20. The molecular formula is C18H20O2. The summed E-state index contributed by atoms with van der Waals surface area (Å²) >= 11 is 0. The van der Waals surface area contributed by atoms with Crippen LogP contribution in [0.15, 0.2) is 53.6 Å². The zero-order chi connectivity index (χ0) is 14.7. The first-order valence-electron chi connectivity index (χ1n) is 6.98. The minimum atomic E-state index is -0.249. The lowest BCUT2D eigenvalue weighted by atomic mass is 9.82. The molecule has 0 fully saturated rings. The van der Waals surface area contributed by atoms with Crippen LogP contribution in [0.3, 0.4) is 0 Å². The van der Waals surface area contributed by atoms with Crippen LogP contribution in [-0.4, -0.2) is 11.6 Å². The molecule has 0 saturated heterocycles. The van der Waals surface area contributed by atoms with Gasteiger partial charge < -0.3 is 0 Å². The number of carbonyl (C=O) groups excluding carboxylic acids is 2. The van der Waals surface area contributed by atoms with Gasteiger partial charge in [0.05, 0.1) is 0 Å².